The molecule has 0 aliphatic rings. The molecular formula is C20H20N4O2S2. The van der Waals surface area contributed by atoms with Gasteiger partial charge in [-0.05, 0) is 24.5 Å². The van der Waals surface area contributed by atoms with Gasteiger partial charge in [0.2, 0.25) is 0 Å². The van der Waals surface area contributed by atoms with Gasteiger partial charge in [0.1, 0.15) is 0 Å². The summed E-state index contributed by atoms with van der Waals surface area (Å²) in [6, 6.07) is 8.96. The van der Waals surface area contributed by atoms with E-state index < -0.39 is 0 Å². The van der Waals surface area contributed by atoms with E-state index in [-0.39, 0.29) is 11.1 Å². The van der Waals surface area contributed by atoms with Crippen LogP contribution in [0.5, 0.6) is 0 Å². The van der Waals surface area contributed by atoms with Crippen molar-refractivity contribution in [1.82, 2.24) is 18.9 Å². The molecule has 0 aliphatic heterocycles. The van der Waals surface area contributed by atoms with E-state index in [1.807, 2.05) is 29.6 Å². The first-order valence-corrected chi connectivity index (χ1v) is 11.0. The Labute approximate surface area is 169 Å². The lowest BCUT2D eigenvalue weighted by Gasteiger charge is -2.14. The number of nitrogens with zero attached hydrogens (tertiary/aromatic N) is 4. The monoisotopic (exact) mass is 412 g/mol. The lowest BCUT2D eigenvalue weighted by atomic mass is 10.1. The zero-order valence-electron chi connectivity index (χ0n) is 15.7. The molecule has 0 aliphatic carbocycles. The molecule has 0 bridgehead atoms. The second kappa shape index (κ2) is 7.89. The van der Waals surface area contributed by atoms with Crippen molar-refractivity contribution < 1.29 is 0 Å². The number of thiazole rings is 1. The van der Waals surface area contributed by atoms with Gasteiger partial charge in [-0.3, -0.25) is 18.6 Å². The highest BCUT2D eigenvalue weighted by Gasteiger charge is 2.13. The second-order valence-electron chi connectivity index (χ2n) is 6.98. The van der Waals surface area contributed by atoms with Gasteiger partial charge in [-0.1, -0.05) is 37.7 Å². The van der Waals surface area contributed by atoms with E-state index in [1.165, 1.54) is 27.5 Å². The molecule has 3 heterocycles. The van der Waals surface area contributed by atoms with Gasteiger partial charge in [-0.2, -0.15) is 0 Å². The fourth-order valence-corrected chi connectivity index (χ4v) is 4.60. The molecule has 4 rings (SSSR count). The van der Waals surface area contributed by atoms with Crippen LogP contribution in [-0.4, -0.2) is 18.9 Å². The minimum atomic E-state index is -0.0921. The minimum absolute atomic E-state index is 0.0181. The first kappa shape index (κ1) is 18.9. The van der Waals surface area contributed by atoms with E-state index in [9.17, 15) is 9.59 Å². The summed E-state index contributed by atoms with van der Waals surface area (Å²) in [6.45, 7) is 4.90. The molecule has 3 aromatic heterocycles. The van der Waals surface area contributed by atoms with Crippen LogP contribution in [0.3, 0.4) is 0 Å². The maximum atomic E-state index is 13.0. The molecule has 0 N–H and O–H groups in total. The van der Waals surface area contributed by atoms with Crippen molar-refractivity contribution >= 4 is 39.0 Å². The average molecular weight is 413 g/mol. The topological polar surface area (TPSA) is 69.3 Å². The van der Waals surface area contributed by atoms with E-state index in [0.29, 0.717) is 44.9 Å². The molecule has 4 aromatic rings. The first-order valence-electron chi connectivity index (χ1n) is 9.11. The highest BCUT2D eigenvalue weighted by Crippen LogP contribution is 2.22. The van der Waals surface area contributed by atoms with Gasteiger partial charge in [0.25, 0.3) is 11.1 Å². The van der Waals surface area contributed by atoms with Crippen LogP contribution in [0.1, 0.15) is 26.0 Å². The summed E-state index contributed by atoms with van der Waals surface area (Å²) in [6.07, 6.45) is 2.62. The zero-order chi connectivity index (χ0) is 19.7. The summed E-state index contributed by atoms with van der Waals surface area (Å²) in [5.41, 5.74) is 1.27. The average Bonchev–Trinajstić information content (AvgIpc) is 3.15. The molecule has 0 saturated heterocycles. The van der Waals surface area contributed by atoms with Gasteiger partial charge in [-0.15, -0.1) is 11.3 Å². The van der Waals surface area contributed by atoms with Crippen molar-refractivity contribution in [3.05, 3.63) is 68.3 Å². The van der Waals surface area contributed by atoms with Crippen molar-refractivity contribution in [1.29, 1.82) is 0 Å². The standard InChI is InChI=1S/C20H20N4O2S2/c1-13(2)7-8-24-18(26)15-5-3-4-6-16(15)22-20(24)28-12-14-11-17(25)23-9-10-27-19(23)21-14/h3-6,9-11,13H,7-8,12H2,1-2H3. The van der Waals surface area contributed by atoms with Gasteiger partial charge in [0.15, 0.2) is 10.1 Å². The Kier molecular flexibility index (Phi) is 5.32. The molecule has 0 atom stereocenters. The van der Waals surface area contributed by atoms with Gasteiger partial charge in [-0.25, -0.2) is 9.97 Å². The predicted octanol–water partition coefficient (Wildman–Crippen LogP) is 3.80. The summed E-state index contributed by atoms with van der Waals surface area (Å²) in [5, 5.41) is 3.14. The number of thioether (sulfide) groups is 1. The Bertz CT molecular complexity index is 1260. The quantitative estimate of drug-likeness (QED) is 0.356. The number of aromatic nitrogens is 4. The third-order valence-electron chi connectivity index (χ3n) is 4.46. The molecule has 0 saturated carbocycles. The van der Waals surface area contributed by atoms with Crippen molar-refractivity contribution in [2.45, 2.75) is 37.7 Å². The molecule has 0 fully saturated rings. The zero-order valence-corrected chi connectivity index (χ0v) is 17.3. The van der Waals surface area contributed by atoms with Crippen LogP contribution >= 0.6 is 23.1 Å². The molecular weight excluding hydrogens is 392 g/mol. The molecule has 1 aromatic carbocycles. The fraction of sp³-hybridized carbons (Fsp3) is 0.300. The van der Waals surface area contributed by atoms with Gasteiger partial charge < -0.3 is 0 Å². The SMILES string of the molecule is CC(C)CCn1c(SCc2cc(=O)n3ccsc3n2)nc2ccccc2c1=O. The molecule has 0 unspecified atom stereocenters. The third kappa shape index (κ3) is 3.74. The Hall–Kier alpha value is -2.45. The summed E-state index contributed by atoms with van der Waals surface area (Å²) in [7, 11) is 0. The summed E-state index contributed by atoms with van der Waals surface area (Å²) in [4.78, 5) is 35.1. The van der Waals surface area contributed by atoms with Gasteiger partial charge in [0.05, 0.1) is 16.6 Å². The smallest absolute Gasteiger partial charge is 0.262 e. The summed E-state index contributed by atoms with van der Waals surface area (Å²) >= 11 is 2.87. The molecule has 0 spiro atoms. The van der Waals surface area contributed by atoms with Crippen molar-refractivity contribution in [2.75, 3.05) is 0 Å². The van der Waals surface area contributed by atoms with Gasteiger partial charge >= 0.3 is 0 Å². The third-order valence-corrected chi connectivity index (χ3v) is 6.23. The minimum Gasteiger partial charge on any atom is -0.287 e. The van der Waals surface area contributed by atoms with E-state index in [4.69, 9.17) is 4.98 Å². The highest BCUT2D eigenvalue weighted by molar-refractivity contribution is 7.98. The molecule has 144 valence electrons. The highest BCUT2D eigenvalue weighted by atomic mass is 32.2. The van der Waals surface area contributed by atoms with Crippen molar-refractivity contribution in [2.24, 2.45) is 5.92 Å². The van der Waals surface area contributed by atoms with Crippen molar-refractivity contribution in [3.8, 4) is 0 Å². The number of benzene rings is 1. The number of hydrogen-bond acceptors (Lipinski definition) is 6. The summed E-state index contributed by atoms with van der Waals surface area (Å²) in [5.74, 6) is 0.968. The van der Waals surface area contributed by atoms with Gasteiger partial charge in [0, 0.05) is 29.9 Å². The van der Waals surface area contributed by atoms with E-state index in [0.717, 1.165) is 6.42 Å². The second-order valence-corrected chi connectivity index (χ2v) is 8.80. The number of hydrogen-bond donors (Lipinski definition) is 0. The molecule has 0 amide bonds. The van der Waals surface area contributed by atoms with E-state index in [2.05, 4.69) is 18.8 Å². The van der Waals surface area contributed by atoms with Crippen LogP contribution < -0.4 is 11.1 Å². The Morgan fingerprint density at radius 3 is 2.82 bits per heavy atom. The van der Waals surface area contributed by atoms with Crippen LogP contribution in [0.4, 0.5) is 0 Å². The molecule has 28 heavy (non-hydrogen) atoms. The van der Waals surface area contributed by atoms with E-state index >= 15 is 0 Å². The normalized spacial score (nSPS) is 11.7. The number of rotatable bonds is 6. The van der Waals surface area contributed by atoms with E-state index in [1.54, 1.807) is 16.8 Å². The van der Waals surface area contributed by atoms with Crippen molar-refractivity contribution in [3.63, 3.8) is 0 Å². The summed E-state index contributed by atoms with van der Waals surface area (Å²) < 4.78 is 3.29. The predicted molar refractivity (Wildman–Crippen MR) is 114 cm³/mol. The maximum Gasteiger partial charge on any atom is 0.262 e. The largest absolute Gasteiger partial charge is 0.287 e. The Morgan fingerprint density at radius 1 is 1.18 bits per heavy atom. The Morgan fingerprint density at radius 2 is 2.00 bits per heavy atom. The van der Waals surface area contributed by atoms with Crippen LogP contribution in [0, 0.1) is 5.92 Å². The molecule has 6 nitrogen and oxygen atoms in total. The maximum absolute atomic E-state index is 13.0. The number of fused-ring (bicyclic) bond motifs is 2. The molecule has 8 heteroatoms. The Balaban J connectivity index is 1.70. The fourth-order valence-electron chi connectivity index (χ4n) is 2.94. The molecule has 0 radical (unpaired) electrons. The first-order chi connectivity index (χ1) is 13.5. The lowest BCUT2D eigenvalue weighted by molar-refractivity contribution is 0.481. The lowest BCUT2D eigenvalue weighted by Crippen LogP contribution is -2.24. The van der Waals surface area contributed by atoms with Crippen LogP contribution in [0.2, 0.25) is 0 Å². The van der Waals surface area contributed by atoms with Crippen LogP contribution in [-0.2, 0) is 12.3 Å². The van der Waals surface area contributed by atoms with Crippen LogP contribution in [0.15, 0.2) is 56.7 Å². The number of para-hydroxylation sites is 1. The van der Waals surface area contributed by atoms with Crippen LogP contribution in [0.25, 0.3) is 15.9 Å².